The van der Waals surface area contributed by atoms with E-state index >= 15 is 0 Å². The van der Waals surface area contributed by atoms with Crippen molar-refractivity contribution in [3.05, 3.63) is 11.4 Å². The van der Waals surface area contributed by atoms with Gasteiger partial charge in [-0.25, -0.2) is 0 Å². The number of nitrogens with one attached hydrogen (secondary N) is 1. The number of hydrogen-bond acceptors (Lipinski definition) is 2. The lowest BCUT2D eigenvalue weighted by Crippen LogP contribution is -1.87. The molecule has 0 aliphatic rings. The molecule has 0 radical (unpaired) electrons. The number of hydrogen-bond donors (Lipinski definition) is 2. The highest BCUT2D eigenvalue weighted by atomic mass is 16.3. The van der Waals surface area contributed by atoms with Gasteiger partial charge >= 0.3 is 0 Å². The van der Waals surface area contributed by atoms with Gasteiger partial charge in [-0.3, -0.25) is 5.10 Å². The number of aryl methyl sites for hydroxylation is 1. The molecule has 2 N–H and O–H groups in total. The van der Waals surface area contributed by atoms with Crippen LogP contribution in [0.2, 0.25) is 0 Å². The number of rotatable bonds is 3. The average molecular weight is 168 g/mol. The van der Waals surface area contributed by atoms with Crippen LogP contribution in [0, 0.1) is 0 Å². The third kappa shape index (κ3) is 1.60. The lowest BCUT2D eigenvalue weighted by Gasteiger charge is -1.99. The fourth-order valence-electron chi connectivity index (χ4n) is 1.22. The third-order valence-corrected chi connectivity index (χ3v) is 1.89. The van der Waals surface area contributed by atoms with E-state index in [0.29, 0.717) is 5.75 Å². The van der Waals surface area contributed by atoms with E-state index in [4.69, 9.17) is 0 Å². The monoisotopic (exact) mass is 168 g/mol. The van der Waals surface area contributed by atoms with Gasteiger partial charge in [0.05, 0.1) is 5.69 Å². The molecule has 1 aromatic heterocycles. The molecule has 0 aliphatic carbocycles. The van der Waals surface area contributed by atoms with Crippen molar-refractivity contribution in [3.63, 3.8) is 0 Å². The molecule has 1 aromatic rings. The van der Waals surface area contributed by atoms with Gasteiger partial charge in [0.15, 0.2) is 5.75 Å². The van der Waals surface area contributed by atoms with Crippen LogP contribution in [0.15, 0.2) is 0 Å². The van der Waals surface area contributed by atoms with Gasteiger partial charge in [-0.05, 0) is 6.42 Å². The van der Waals surface area contributed by atoms with Gasteiger partial charge in [0.1, 0.15) is 5.69 Å². The van der Waals surface area contributed by atoms with Crippen LogP contribution in [0.5, 0.6) is 5.75 Å². The van der Waals surface area contributed by atoms with Gasteiger partial charge < -0.3 is 5.11 Å². The summed E-state index contributed by atoms with van der Waals surface area (Å²) < 4.78 is 0. The van der Waals surface area contributed by atoms with E-state index in [2.05, 4.69) is 17.1 Å². The molecule has 0 atom stereocenters. The Morgan fingerprint density at radius 1 is 1.50 bits per heavy atom. The predicted molar refractivity (Wildman–Crippen MR) is 48.3 cm³/mol. The molecular formula is C9H16N2O. The van der Waals surface area contributed by atoms with Crippen LogP contribution in [0.25, 0.3) is 0 Å². The summed E-state index contributed by atoms with van der Waals surface area (Å²) in [5, 5.41) is 16.6. The molecule has 68 valence electrons. The minimum atomic E-state index is 0.284. The van der Waals surface area contributed by atoms with Crippen molar-refractivity contribution < 1.29 is 5.11 Å². The molecule has 1 rings (SSSR count). The zero-order valence-electron chi connectivity index (χ0n) is 7.89. The van der Waals surface area contributed by atoms with Crippen LogP contribution in [0.1, 0.15) is 44.5 Å². The summed E-state index contributed by atoms with van der Waals surface area (Å²) in [5.41, 5.74) is 1.64. The van der Waals surface area contributed by atoms with Crippen molar-refractivity contribution in [2.24, 2.45) is 0 Å². The van der Waals surface area contributed by atoms with Crippen molar-refractivity contribution in [3.8, 4) is 5.75 Å². The molecule has 0 amide bonds. The van der Waals surface area contributed by atoms with Crippen molar-refractivity contribution in [1.29, 1.82) is 0 Å². The quantitative estimate of drug-likeness (QED) is 0.726. The van der Waals surface area contributed by atoms with Crippen LogP contribution < -0.4 is 0 Å². The van der Waals surface area contributed by atoms with E-state index in [1.165, 1.54) is 0 Å². The summed E-state index contributed by atoms with van der Waals surface area (Å²) in [7, 11) is 0. The molecule has 1 heterocycles. The van der Waals surface area contributed by atoms with E-state index in [1.807, 2.05) is 13.8 Å². The lowest BCUT2D eigenvalue weighted by atomic mass is 10.1. The van der Waals surface area contributed by atoms with Gasteiger partial charge in [-0.15, -0.1) is 0 Å². The Kier molecular flexibility index (Phi) is 2.74. The Balaban J connectivity index is 2.88. The van der Waals surface area contributed by atoms with Gasteiger partial charge in [-0.1, -0.05) is 27.2 Å². The van der Waals surface area contributed by atoms with E-state index < -0.39 is 0 Å². The first-order valence-electron chi connectivity index (χ1n) is 4.42. The first-order valence-corrected chi connectivity index (χ1v) is 4.42. The highest BCUT2D eigenvalue weighted by Gasteiger charge is 2.13. The summed E-state index contributed by atoms with van der Waals surface area (Å²) in [6.45, 7) is 6.12. The minimum absolute atomic E-state index is 0.284. The summed E-state index contributed by atoms with van der Waals surface area (Å²) in [4.78, 5) is 0. The van der Waals surface area contributed by atoms with Crippen molar-refractivity contribution in [1.82, 2.24) is 10.2 Å². The normalized spacial score (nSPS) is 11.0. The summed E-state index contributed by atoms with van der Waals surface area (Å²) >= 11 is 0. The fourth-order valence-corrected chi connectivity index (χ4v) is 1.22. The zero-order valence-corrected chi connectivity index (χ0v) is 7.89. The van der Waals surface area contributed by atoms with Gasteiger partial charge in [0.25, 0.3) is 0 Å². The van der Waals surface area contributed by atoms with E-state index in [-0.39, 0.29) is 5.92 Å². The topological polar surface area (TPSA) is 48.9 Å². The Morgan fingerprint density at radius 3 is 2.58 bits per heavy atom. The molecule has 0 spiro atoms. The highest BCUT2D eigenvalue weighted by molar-refractivity contribution is 5.33. The standard InChI is InChI=1S/C9H16N2O/c1-4-5-7-9(12)8(6(2)3)11-10-7/h6,12H,4-5H2,1-3H3,(H,10,11). The summed E-state index contributed by atoms with van der Waals surface area (Å²) in [6.07, 6.45) is 1.89. The maximum atomic E-state index is 9.64. The first-order chi connectivity index (χ1) is 5.66. The zero-order chi connectivity index (χ0) is 9.14. The van der Waals surface area contributed by atoms with Gasteiger partial charge in [-0.2, -0.15) is 5.10 Å². The van der Waals surface area contributed by atoms with E-state index in [9.17, 15) is 5.11 Å². The number of aromatic hydroxyl groups is 1. The summed E-state index contributed by atoms with van der Waals surface area (Å²) in [6, 6.07) is 0. The maximum Gasteiger partial charge on any atom is 0.160 e. The molecule has 0 bridgehead atoms. The smallest absolute Gasteiger partial charge is 0.160 e. The Morgan fingerprint density at radius 2 is 2.17 bits per heavy atom. The van der Waals surface area contributed by atoms with Gasteiger partial charge in [0, 0.05) is 5.92 Å². The molecule has 0 unspecified atom stereocenters. The number of nitrogens with zero attached hydrogens (tertiary/aromatic N) is 1. The first kappa shape index (κ1) is 9.10. The Labute approximate surface area is 72.8 Å². The molecule has 0 fully saturated rings. The molecule has 3 nitrogen and oxygen atoms in total. The third-order valence-electron chi connectivity index (χ3n) is 1.89. The maximum absolute atomic E-state index is 9.64. The molecule has 12 heavy (non-hydrogen) atoms. The van der Waals surface area contributed by atoms with Crippen molar-refractivity contribution >= 4 is 0 Å². The van der Waals surface area contributed by atoms with Crippen molar-refractivity contribution in [2.75, 3.05) is 0 Å². The largest absolute Gasteiger partial charge is 0.504 e. The second-order valence-corrected chi connectivity index (χ2v) is 3.34. The summed E-state index contributed by atoms with van der Waals surface area (Å²) in [5.74, 6) is 0.638. The van der Waals surface area contributed by atoms with Crippen LogP contribution >= 0.6 is 0 Å². The molecule has 0 saturated carbocycles. The van der Waals surface area contributed by atoms with Gasteiger partial charge in [0.2, 0.25) is 0 Å². The van der Waals surface area contributed by atoms with E-state index in [1.54, 1.807) is 0 Å². The van der Waals surface area contributed by atoms with Crippen LogP contribution in [-0.4, -0.2) is 15.3 Å². The highest BCUT2D eigenvalue weighted by Crippen LogP contribution is 2.26. The SMILES string of the molecule is CCCc1[nH]nc(C(C)C)c1O. The second-order valence-electron chi connectivity index (χ2n) is 3.34. The second kappa shape index (κ2) is 3.61. The Hall–Kier alpha value is -0.990. The number of aromatic nitrogens is 2. The molecule has 0 aromatic carbocycles. The molecule has 0 saturated heterocycles. The average Bonchev–Trinajstić information content (AvgIpc) is 2.34. The fraction of sp³-hybridized carbons (Fsp3) is 0.667. The van der Waals surface area contributed by atoms with Crippen molar-refractivity contribution in [2.45, 2.75) is 39.5 Å². The van der Waals surface area contributed by atoms with Crippen LogP contribution in [-0.2, 0) is 6.42 Å². The number of H-pyrrole nitrogens is 1. The number of aromatic amines is 1. The lowest BCUT2D eigenvalue weighted by molar-refractivity contribution is 0.457. The molecular weight excluding hydrogens is 152 g/mol. The molecule has 0 aliphatic heterocycles. The molecule has 3 heteroatoms. The van der Waals surface area contributed by atoms with E-state index in [0.717, 1.165) is 24.2 Å². The van der Waals surface area contributed by atoms with Crippen LogP contribution in [0.3, 0.4) is 0 Å². The minimum Gasteiger partial charge on any atom is -0.504 e. The Bertz CT molecular complexity index is 253. The van der Waals surface area contributed by atoms with Crippen LogP contribution in [0.4, 0.5) is 0 Å². The predicted octanol–water partition coefficient (Wildman–Crippen LogP) is 2.19.